The minimum atomic E-state index is -1.09. The van der Waals surface area contributed by atoms with E-state index in [1.165, 1.54) is 11.8 Å². The monoisotopic (exact) mass is 341 g/mol. The quantitative estimate of drug-likeness (QED) is 0.612. The molecular formula is C19H23N3O3. The molecule has 0 aliphatic carbocycles. The van der Waals surface area contributed by atoms with Gasteiger partial charge >= 0.3 is 5.97 Å². The topological polar surface area (TPSA) is 93.4 Å². The van der Waals surface area contributed by atoms with E-state index in [-0.39, 0.29) is 11.5 Å². The fraction of sp³-hybridized carbons (Fsp3) is 0.421. The van der Waals surface area contributed by atoms with E-state index in [9.17, 15) is 20.0 Å². The number of carbonyl (C=O) groups excluding carboxylic acids is 1. The number of para-hydroxylation sites is 1. The Morgan fingerprint density at radius 1 is 1.40 bits per heavy atom. The number of aliphatic carboxylic acids is 1. The van der Waals surface area contributed by atoms with Crippen molar-refractivity contribution in [1.29, 1.82) is 5.26 Å². The van der Waals surface area contributed by atoms with Gasteiger partial charge in [0.2, 0.25) is 0 Å². The van der Waals surface area contributed by atoms with Crippen molar-refractivity contribution in [2.45, 2.75) is 39.2 Å². The van der Waals surface area contributed by atoms with E-state index in [1.807, 2.05) is 49.1 Å². The summed E-state index contributed by atoms with van der Waals surface area (Å²) in [5.74, 6) is -1.63. The first-order valence-electron chi connectivity index (χ1n) is 8.42. The summed E-state index contributed by atoms with van der Waals surface area (Å²) in [7, 11) is 0. The minimum Gasteiger partial charge on any atom is -0.480 e. The largest absolute Gasteiger partial charge is 0.480 e. The molecule has 0 radical (unpaired) electrons. The summed E-state index contributed by atoms with van der Waals surface area (Å²) in [6.07, 6.45) is 3.72. The molecule has 1 heterocycles. The third kappa shape index (κ3) is 4.83. The van der Waals surface area contributed by atoms with Crippen LogP contribution in [0.4, 0.5) is 5.69 Å². The molecule has 0 fully saturated rings. The average molecular weight is 341 g/mol. The van der Waals surface area contributed by atoms with Crippen LogP contribution in [0, 0.1) is 17.2 Å². The second kappa shape index (κ2) is 8.34. The van der Waals surface area contributed by atoms with Crippen LogP contribution in [0.15, 0.2) is 36.0 Å². The van der Waals surface area contributed by atoms with Crippen molar-refractivity contribution in [2.24, 2.45) is 5.92 Å². The highest BCUT2D eigenvalue weighted by Gasteiger charge is 2.24. The number of rotatable bonds is 6. The zero-order valence-electron chi connectivity index (χ0n) is 14.5. The molecule has 6 heteroatoms. The number of carboxylic acid groups (broad SMARTS) is 1. The molecule has 132 valence electrons. The number of aryl methyl sites for hydroxylation is 1. The summed E-state index contributed by atoms with van der Waals surface area (Å²) in [6, 6.07) is 8.76. The van der Waals surface area contributed by atoms with Crippen LogP contribution in [-0.4, -0.2) is 29.6 Å². The maximum Gasteiger partial charge on any atom is 0.326 e. The fourth-order valence-electron chi connectivity index (χ4n) is 2.92. The molecule has 1 aromatic carbocycles. The summed E-state index contributed by atoms with van der Waals surface area (Å²) in [5.41, 5.74) is 2.06. The van der Waals surface area contributed by atoms with E-state index in [0.717, 1.165) is 18.5 Å². The molecule has 2 rings (SSSR count). The zero-order chi connectivity index (χ0) is 18.4. The van der Waals surface area contributed by atoms with Crippen molar-refractivity contribution < 1.29 is 14.7 Å². The van der Waals surface area contributed by atoms with Crippen molar-refractivity contribution in [3.8, 4) is 6.07 Å². The van der Waals surface area contributed by atoms with Crippen LogP contribution in [0.1, 0.15) is 32.3 Å². The summed E-state index contributed by atoms with van der Waals surface area (Å²) in [6.45, 7) is 4.48. The predicted molar refractivity (Wildman–Crippen MR) is 94.8 cm³/mol. The Morgan fingerprint density at radius 2 is 2.12 bits per heavy atom. The molecule has 1 unspecified atom stereocenters. The van der Waals surface area contributed by atoms with E-state index in [2.05, 4.69) is 5.32 Å². The van der Waals surface area contributed by atoms with Crippen molar-refractivity contribution in [2.75, 3.05) is 11.4 Å². The highest BCUT2D eigenvalue weighted by molar-refractivity contribution is 5.99. The number of hydrogen-bond acceptors (Lipinski definition) is 4. The molecule has 0 bridgehead atoms. The Kier molecular flexibility index (Phi) is 6.18. The Balaban J connectivity index is 2.19. The smallest absolute Gasteiger partial charge is 0.326 e. The number of anilines is 1. The van der Waals surface area contributed by atoms with Gasteiger partial charge in [-0.2, -0.15) is 5.26 Å². The molecule has 1 aromatic rings. The third-order valence-corrected chi connectivity index (χ3v) is 4.11. The molecule has 1 atom stereocenters. The van der Waals surface area contributed by atoms with Crippen LogP contribution in [0.2, 0.25) is 0 Å². The first kappa shape index (κ1) is 18.5. The van der Waals surface area contributed by atoms with E-state index in [0.29, 0.717) is 13.0 Å². The number of carbonyl (C=O) groups is 2. The first-order chi connectivity index (χ1) is 11.9. The highest BCUT2D eigenvalue weighted by Crippen LogP contribution is 2.27. The number of amides is 1. The number of nitrogens with zero attached hydrogens (tertiary/aromatic N) is 2. The van der Waals surface area contributed by atoms with Crippen molar-refractivity contribution in [1.82, 2.24) is 5.32 Å². The van der Waals surface area contributed by atoms with Crippen LogP contribution >= 0.6 is 0 Å². The normalized spacial score (nSPS) is 15.3. The lowest BCUT2D eigenvalue weighted by atomic mass is 10.0. The Hall–Kier alpha value is -2.81. The van der Waals surface area contributed by atoms with Crippen LogP contribution < -0.4 is 10.2 Å². The maximum absolute atomic E-state index is 12.4. The molecule has 1 amide bonds. The molecule has 0 saturated carbocycles. The van der Waals surface area contributed by atoms with Gasteiger partial charge in [0.15, 0.2) is 0 Å². The van der Waals surface area contributed by atoms with Gasteiger partial charge in [0.25, 0.3) is 5.91 Å². The molecular weight excluding hydrogens is 318 g/mol. The standard InChI is InChI=1S/C19H23N3O3/c1-13(2)10-16(19(24)25)21-18(23)15(11-20)12-22-9-5-7-14-6-3-4-8-17(14)22/h3-4,6,8,12-13,16H,5,7,9-10H2,1-2H3,(H,21,23)(H,24,25)/b15-12-. The van der Waals surface area contributed by atoms with Gasteiger partial charge in [-0.3, -0.25) is 4.79 Å². The van der Waals surface area contributed by atoms with Gasteiger partial charge in [-0.05, 0) is 36.8 Å². The van der Waals surface area contributed by atoms with Crippen molar-refractivity contribution >= 4 is 17.6 Å². The van der Waals surface area contributed by atoms with Crippen molar-refractivity contribution in [3.63, 3.8) is 0 Å². The van der Waals surface area contributed by atoms with Gasteiger partial charge in [-0.15, -0.1) is 0 Å². The van der Waals surface area contributed by atoms with Gasteiger partial charge in [-0.1, -0.05) is 32.0 Å². The Morgan fingerprint density at radius 3 is 2.76 bits per heavy atom. The molecule has 0 spiro atoms. The lowest BCUT2D eigenvalue weighted by molar-refractivity contribution is -0.141. The van der Waals surface area contributed by atoms with Crippen molar-refractivity contribution in [3.05, 3.63) is 41.6 Å². The van der Waals surface area contributed by atoms with Crippen LogP contribution in [0.5, 0.6) is 0 Å². The Labute approximate surface area is 147 Å². The molecule has 6 nitrogen and oxygen atoms in total. The molecule has 2 N–H and O–H groups in total. The number of nitrogens with one attached hydrogen (secondary N) is 1. The SMILES string of the molecule is CC(C)CC(NC(=O)/C(C#N)=C\N1CCCc2ccccc21)C(=O)O. The first-order valence-corrected chi connectivity index (χ1v) is 8.42. The summed E-state index contributed by atoms with van der Waals surface area (Å²) < 4.78 is 0. The summed E-state index contributed by atoms with van der Waals surface area (Å²) in [4.78, 5) is 25.6. The number of benzene rings is 1. The second-order valence-electron chi connectivity index (χ2n) is 6.57. The molecule has 1 aliphatic rings. The fourth-order valence-corrected chi connectivity index (χ4v) is 2.92. The zero-order valence-corrected chi connectivity index (χ0v) is 14.5. The molecule has 25 heavy (non-hydrogen) atoms. The van der Waals surface area contributed by atoms with Gasteiger partial charge in [0.1, 0.15) is 17.7 Å². The van der Waals surface area contributed by atoms with Crippen LogP contribution in [0.25, 0.3) is 0 Å². The van der Waals surface area contributed by atoms with Gasteiger partial charge in [0.05, 0.1) is 0 Å². The number of fused-ring (bicyclic) bond motifs is 1. The second-order valence-corrected chi connectivity index (χ2v) is 6.57. The van der Waals surface area contributed by atoms with E-state index in [4.69, 9.17) is 0 Å². The molecule has 1 aliphatic heterocycles. The summed E-state index contributed by atoms with van der Waals surface area (Å²) >= 11 is 0. The van der Waals surface area contributed by atoms with Gasteiger partial charge in [-0.25, -0.2) is 4.79 Å². The average Bonchev–Trinajstić information content (AvgIpc) is 2.58. The minimum absolute atomic E-state index is 0.0910. The van der Waals surface area contributed by atoms with Gasteiger partial charge < -0.3 is 15.3 Å². The predicted octanol–water partition coefficient (Wildman–Crippen LogP) is 2.46. The third-order valence-electron chi connectivity index (χ3n) is 4.11. The van der Waals surface area contributed by atoms with E-state index >= 15 is 0 Å². The van der Waals surface area contributed by atoms with Gasteiger partial charge in [0, 0.05) is 18.4 Å². The highest BCUT2D eigenvalue weighted by atomic mass is 16.4. The number of nitriles is 1. The van der Waals surface area contributed by atoms with Crippen LogP contribution in [0.3, 0.4) is 0 Å². The maximum atomic E-state index is 12.4. The molecule has 0 aromatic heterocycles. The van der Waals surface area contributed by atoms with E-state index in [1.54, 1.807) is 0 Å². The summed E-state index contributed by atoms with van der Waals surface area (Å²) in [5, 5.41) is 21.1. The lowest BCUT2D eigenvalue weighted by Crippen LogP contribution is -2.42. The van der Waals surface area contributed by atoms with E-state index < -0.39 is 17.9 Å². The molecule has 0 saturated heterocycles. The number of hydrogen-bond donors (Lipinski definition) is 2. The van der Waals surface area contributed by atoms with Crippen LogP contribution in [-0.2, 0) is 16.0 Å². The number of carboxylic acids is 1. The Bertz CT molecular complexity index is 719. The lowest BCUT2D eigenvalue weighted by Gasteiger charge is -2.28.